The van der Waals surface area contributed by atoms with Crippen molar-refractivity contribution < 1.29 is 9.53 Å². The molecule has 1 aromatic carbocycles. The highest BCUT2D eigenvalue weighted by molar-refractivity contribution is 5.78. The van der Waals surface area contributed by atoms with Crippen molar-refractivity contribution in [3.8, 4) is 5.75 Å². The van der Waals surface area contributed by atoms with Crippen LogP contribution in [0.15, 0.2) is 30.3 Å². The standard InChI is InChI=1S/C11H12NO2/c12-10(8-6-7-8)11(13)14-9-4-2-1-3-5-9/h1-5,8,10,12H,6-7H2. The van der Waals surface area contributed by atoms with Gasteiger partial charge in [0.15, 0.2) is 0 Å². The third-order valence-electron chi connectivity index (χ3n) is 2.31. The van der Waals surface area contributed by atoms with Crippen molar-refractivity contribution >= 4 is 5.97 Å². The van der Waals surface area contributed by atoms with E-state index < -0.39 is 12.0 Å². The molecule has 1 atom stereocenters. The van der Waals surface area contributed by atoms with Crippen molar-refractivity contribution in [3.63, 3.8) is 0 Å². The maximum atomic E-state index is 11.4. The average Bonchev–Trinajstić information content (AvgIpc) is 3.01. The summed E-state index contributed by atoms with van der Waals surface area (Å²) in [6.07, 6.45) is 1.97. The fourth-order valence-electron chi connectivity index (χ4n) is 1.29. The van der Waals surface area contributed by atoms with Gasteiger partial charge in [-0.3, -0.25) is 0 Å². The Morgan fingerprint density at radius 1 is 1.36 bits per heavy atom. The summed E-state index contributed by atoms with van der Waals surface area (Å²) < 4.78 is 5.05. The number of benzene rings is 1. The van der Waals surface area contributed by atoms with Gasteiger partial charge < -0.3 is 4.74 Å². The molecule has 3 nitrogen and oxygen atoms in total. The van der Waals surface area contributed by atoms with Crippen LogP contribution in [-0.2, 0) is 4.79 Å². The highest BCUT2D eigenvalue weighted by Gasteiger charge is 2.35. The van der Waals surface area contributed by atoms with Crippen LogP contribution < -0.4 is 10.5 Å². The summed E-state index contributed by atoms with van der Waals surface area (Å²) in [5.41, 5.74) is 7.57. The van der Waals surface area contributed by atoms with E-state index in [-0.39, 0.29) is 5.92 Å². The van der Waals surface area contributed by atoms with Crippen LogP contribution in [0.4, 0.5) is 0 Å². The Balaban J connectivity index is 1.94. The lowest BCUT2D eigenvalue weighted by atomic mass is 10.2. The summed E-state index contributed by atoms with van der Waals surface area (Å²) in [5, 5.41) is 0. The lowest BCUT2D eigenvalue weighted by Crippen LogP contribution is -2.28. The highest BCUT2D eigenvalue weighted by Crippen LogP contribution is 2.32. The first kappa shape index (κ1) is 9.21. The molecule has 0 heterocycles. The first-order chi connectivity index (χ1) is 6.77. The topological polar surface area (TPSA) is 50.1 Å². The molecule has 1 aliphatic rings. The maximum absolute atomic E-state index is 11.4. The third kappa shape index (κ3) is 2.12. The van der Waals surface area contributed by atoms with Crippen LogP contribution in [0.1, 0.15) is 12.8 Å². The molecule has 3 heteroatoms. The van der Waals surface area contributed by atoms with E-state index in [9.17, 15) is 4.79 Å². The van der Waals surface area contributed by atoms with E-state index in [1.165, 1.54) is 0 Å². The summed E-state index contributed by atoms with van der Waals surface area (Å²) in [6.45, 7) is 0. The van der Waals surface area contributed by atoms with E-state index in [0.717, 1.165) is 12.8 Å². The summed E-state index contributed by atoms with van der Waals surface area (Å²) in [5.74, 6) is 0.320. The summed E-state index contributed by atoms with van der Waals surface area (Å²) in [7, 11) is 0. The molecule has 0 bridgehead atoms. The van der Waals surface area contributed by atoms with Gasteiger partial charge in [0, 0.05) is 0 Å². The van der Waals surface area contributed by atoms with Gasteiger partial charge in [0.1, 0.15) is 11.8 Å². The van der Waals surface area contributed by atoms with Crippen LogP contribution in [0.3, 0.4) is 0 Å². The van der Waals surface area contributed by atoms with Crippen LogP contribution in [-0.4, -0.2) is 12.0 Å². The predicted molar refractivity (Wildman–Crippen MR) is 51.7 cm³/mol. The maximum Gasteiger partial charge on any atom is 0.330 e. The zero-order chi connectivity index (χ0) is 9.97. The Labute approximate surface area is 82.9 Å². The van der Waals surface area contributed by atoms with Crippen LogP contribution in [0.5, 0.6) is 5.75 Å². The molecule has 1 aromatic rings. The van der Waals surface area contributed by atoms with E-state index >= 15 is 0 Å². The second-order valence-electron chi connectivity index (χ2n) is 3.55. The molecule has 1 N–H and O–H groups in total. The molecule has 14 heavy (non-hydrogen) atoms. The molecule has 1 aliphatic carbocycles. The number of esters is 1. The number of hydrogen-bond donors (Lipinski definition) is 0. The van der Waals surface area contributed by atoms with Gasteiger partial charge in [-0.15, -0.1) is 0 Å². The first-order valence-corrected chi connectivity index (χ1v) is 4.75. The molecule has 0 amide bonds. The highest BCUT2D eigenvalue weighted by atomic mass is 16.5. The monoisotopic (exact) mass is 190 g/mol. The lowest BCUT2D eigenvalue weighted by molar-refractivity contribution is -0.136. The Bertz CT molecular complexity index is 319. The number of rotatable bonds is 3. The minimum atomic E-state index is -0.699. The minimum Gasteiger partial charge on any atom is -0.425 e. The number of carbonyl (C=O) groups is 1. The van der Waals surface area contributed by atoms with Gasteiger partial charge in [-0.2, -0.15) is 0 Å². The van der Waals surface area contributed by atoms with Gasteiger partial charge in [-0.25, -0.2) is 10.5 Å². The third-order valence-corrected chi connectivity index (χ3v) is 2.31. The molecule has 1 radical (unpaired) electrons. The summed E-state index contributed by atoms with van der Waals surface area (Å²) >= 11 is 0. The molecular weight excluding hydrogens is 178 g/mol. The van der Waals surface area contributed by atoms with Crippen molar-refractivity contribution in [3.05, 3.63) is 30.3 Å². The summed E-state index contributed by atoms with van der Waals surface area (Å²) in [6, 6.07) is 8.21. The van der Waals surface area contributed by atoms with Crippen molar-refractivity contribution in [2.75, 3.05) is 0 Å². The quantitative estimate of drug-likeness (QED) is 0.537. The fourth-order valence-corrected chi connectivity index (χ4v) is 1.29. The van der Waals surface area contributed by atoms with Gasteiger partial charge in [-0.05, 0) is 30.9 Å². The molecular formula is C11H12NO2. The number of carbonyl (C=O) groups excluding carboxylic acids is 1. The van der Waals surface area contributed by atoms with E-state index in [4.69, 9.17) is 10.5 Å². The van der Waals surface area contributed by atoms with Gasteiger partial charge >= 0.3 is 5.97 Å². The Morgan fingerprint density at radius 2 is 2.00 bits per heavy atom. The van der Waals surface area contributed by atoms with Gasteiger partial charge in [0.05, 0.1) is 0 Å². The van der Waals surface area contributed by atoms with E-state index in [1.807, 2.05) is 6.07 Å². The zero-order valence-corrected chi connectivity index (χ0v) is 7.77. The second kappa shape index (κ2) is 3.80. The lowest BCUT2D eigenvalue weighted by Gasteiger charge is -2.08. The van der Waals surface area contributed by atoms with Gasteiger partial charge in [0.2, 0.25) is 0 Å². The SMILES string of the molecule is [NH]C(C(=O)Oc1ccccc1)C1CC1. The van der Waals surface area contributed by atoms with E-state index in [1.54, 1.807) is 24.3 Å². The number of ether oxygens (including phenoxy) is 1. The molecule has 1 unspecified atom stereocenters. The zero-order valence-electron chi connectivity index (χ0n) is 7.77. The molecule has 73 valence electrons. The van der Waals surface area contributed by atoms with Gasteiger partial charge in [-0.1, -0.05) is 18.2 Å². The smallest absolute Gasteiger partial charge is 0.330 e. The summed E-state index contributed by atoms with van der Waals surface area (Å²) in [4.78, 5) is 11.4. The fraction of sp³-hybridized carbons (Fsp3) is 0.364. The molecule has 1 fully saturated rings. The molecule has 1 saturated carbocycles. The second-order valence-corrected chi connectivity index (χ2v) is 3.55. The van der Waals surface area contributed by atoms with Crippen LogP contribution in [0.25, 0.3) is 0 Å². The molecule has 0 aliphatic heterocycles. The molecule has 0 saturated heterocycles. The first-order valence-electron chi connectivity index (χ1n) is 4.75. The van der Waals surface area contributed by atoms with Crippen LogP contribution in [0, 0.1) is 5.92 Å². The largest absolute Gasteiger partial charge is 0.425 e. The van der Waals surface area contributed by atoms with Crippen molar-refractivity contribution in [1.82, 2.24) is 5.73 Å². The van der Waals surface area contributed by atoms with Crippen molar-refractivity contribution in [1.29, 1.82) is 0 Å². The van der Waals surface area contributed by atoms with Crippen molar-refractivity contribution in [2.24, 2.45) is 5.92 Å². The van der Waals surface area contributed by atoms with Gasteiger partial charge in [0.25, 0.3) is 0 Å². The Hall–Kier alpha value is -1.35. The van der Waals surface area contributed by atoms with Crippen LogP contribution >= 0.6 is 0 Å². The predicted octanol–water partition coefficient (Wildman–Crippen LogP) is 1.65. The molecule has 2 rings (SSSR count). The average molecular weight is 190 g/mol. The van der Waals surface area contributed by atoms with E-state index in [0.29, 0.717) is 5.75 Å². The molecule has 0 aromatic heterocycles. The van der Waals surface area contributed by atoms with Crippen molar-refractivity contribution in [2.45, 2.75) is 18.9 Å². The van der Waals surface area contributed by atoms with E-state index in [2.05, 4.69) is 0 Å². The normalized spacial score (nSPS) is 17.5. The van der Waals surface area contributed by atoms with Crippen LogP contribution in [0.2, 0.25) is 0 Å². The number of hydrogen-bond acceptors (Lipinski definition) is 2. The minimum absolute atomic E-state index is 0.228. The number of para-hydroxylation sites is 1. The Morgan fingerprint density at radius 3 is 2.57 bits per heavy atom. The number of nitrogens with one attached hydrogen (secondary N) is 1. The Kier molecular flexibility index (Phi) is 2.50. The molecule has 0 spiro atoms.